The SMILES string of the molecule is CC[C@H](C)[C@H](NC(=O)CN(C)C)C(=O)CSC. The van der Waals surface area contributed by atoms with Gasteiger partial charge in [0.15, 0.2) is 5.78 Å². The van der Waals surface area contributed by atoms with Gasteiger partial charge in [-0.05, 0) is 26.3 Å². The summed E-state index contributed by atoms with van der Waals surface area (Å²) < 4.78 is 0. The molecule has 0 spiro atoms. The molecule has 0 bridgehead atoms. The minimum absolute atomic E-state index is 0.0882. The van der Waals surface area contributed by atoms with E-state index in [0.717, 1.165) is 6.42 Å². The van der Waals surface area contributed by atoms with Crippen LogP contribution in [0.3, 0.4) is 0 Å². The molecular formula is C12H24N2O2S. The Morgan fingerprint density at radius 2 is 1.94 bits per heavy atom. The van der Waals surface area contributed by atoms with Crippen LogP contribution in [-0.2, 0) is 9.59 Å². The molecule has 0 aliphatic carbocycles. The zero-order valence-corrected chi connectivity index (χ0v) is 12.3. The monoisotopic (exact) mass is 260 g/mol. The molecule has 5 heteroatoms. The lowest BCUT2D eigenvalue weighted by molar-refractivity contribution is -0.128. The molecule has 4 nitrogen and oxygen atoms in total. The van der Waals surface area contributed by atoms with E-state index in [0.29, 0.717) is 12.3 Å². The molecule has 0 radical (unpaired) electrons. The maximum Gasteiger partial charge on any atom is 0.234 e. The van der Waals surface area contributed by atoms with Gasteiger partial charge in [-0.15, -0.1) is 0 Å². The van der Waals surface area contributed by atoms with E-state index in [1.807, 2.05) is 34.2 Å². The molecule has 1 N–H and O–H groups in total. The molecule has 0 aromatic carbocycles. The lowest BCUT2D eigenvalue weighted by Crippen LogP contribution is -2.48. The molecule has 0 rings (SSSR count). The average Bonchev–Trinajstić information content (AvgIpc) is 2.24. The summed E-state index contributed by atoms with van der Waals surface area (Å²) in [4.78, 5) is 25.4. The Bertz CT molecular complexity index is 257. The van der Waals surface area contributed by atoms with E-state index in [1.165, 1.54) is 11.8 Å². The van der Waals surface area contributed by atoms with Crippen molar-refractivity contribution >= 4 is 23.5 Å². The smallest absolute Gasteiger partial charge is 0.234 e. The van der Waals surface area contributed by atoms with Crippen LogP contribution in [0.15, 0.2) is 0 Å². The first-order valence-electron chi connectivity index (χ1n) is 5.88. The lowest BCUT2D eigenvalue weighted by atomic mass is 9.96. The first-order chi connectivity index (χ1) is 7.92. The van der Waals surface area contributed by atoms with Crippen LogP contribution in [0.1, 0.15) is 20.3 Å². The molecule has 0 fully saturated rings. The van der Waals surface area contributed by atoms with Crippen LogP contribution < -0.4 is 5.32 Å². The fraction of sp³-hybridized carbons (Fsp3) is 0.833. The fourth-order valence-corrected chi connectivity index (χ4v) is 1.98. The number of carbonyl (C=O) groups is 2. The number of nitrogens with one attached hydrogen (secondary N) is 1. The number of likely N-dealkylation sites (N-methyl/N-ethyl adjacent to an activating group) is 1. The van der Waals surface area contributed by atoms with Crippen LogP contribution in [0.4, 0.5) is 0 Å². The molecule has 1 amide bonds. The van der Waals surface area contributed by atoms with Crippen molar-refractivity contribution in [3.8, 4) is 0 Å². The number of Topliss-reactive ketones (excluding diaryl/α,β-unsaturated/α-hetero) is 1. The van der Waals surface area contributed by atoms with Gasteiger partial charge in [0.25, 0.3) is 0 Å². The number of hydrogen-bond donors (Lipinski definition) is 1. The molecule has 0 aromatic rings. The summed E-state index contributed by atoms with van der Waals surface area (Å²) in [5.41, 5.74) is 0. The normalized spacial score (nSPS) is 14.5. The first-order valence-corrected chi connectivity index (χ1v) is 7.27. The molecule has 0 heterocycles. The van der Waals surface area contributed by atoms with E-state index in [-0.39, 0.29) is 23.7 Å². The van der Waals surface area contributed by atoms with Gasteiger partial charge in [-0.25, -0.2) is 0 Å². The number of amides is 1. The third kappa shape index (κ3) is 6.68. The van der Waals surface area contributed by atoms with Crippen molar-refractivity contribution in [1.82, 2.24) is 10.2 Å². The Balaban J connectivity index is 4.48. The highest BCUT2D eigenvalue weighted by atomic mass is 32.2. The first kappa shape index (κ1) is 16.4. The fourth-order valence-electron chi connectivity index (χ4n) is 1.51. The highest BCUT2D eigenvalue weighted by Crippen LogP contribution is 2.11. The van der Waals surface area contributed by atoms with Gasteiger partial charge in [0.1, 0.15) is 0 Å². The van der Waals surface area contributed by atoms with Crippen LogP contribution >= 0.6 is 11.8 Å². The lowest BCUT2D eigenvalue weighted by Gasteiger charge is -2.23. The molecular weight excluding hydrogens is 236 g/mol. The number of rotatable bonds is 8. The van der Waals surface area contributed by atoms with Gasteiger partial charge in [-0.2, -0.15) is 11.8 Å². The zero-order chi connectivity index (χ0) is 13.4. The molecule has 0 aromatic heterocycles. The molecule has 0 saturated carbocycles. The van der Waals surface area contributed by atoms with E-state index in [4.69, 9.17) is 0 Å². The summed E-state index contributed by atoms with van der Waals surface area (Å²) in [6.07, 6.45) is 2.78. The standard InChI is InChI=1S/C12H24N2O2S/c1-6-9(2)12(10(15)8-17-5)13-11(16)7-14(3)4/h9,12H,6-8H2,1-5H3,(H,13,16)/t9-,12-/m0/s1. The highest BCUT2D eigenvalue weighted by molar-refractivity contribution is 7.99. The molecule has 0 aliphatic rings. The minimum atomic E-state index is -0.347. The number of ketones is 1. The van der Waals surface area contributed by atoms with E-state index in [9.17, 15) is 9.59 Å². The second-order valence-corrected chi connectivity index (χ2v) is 5.43. The minimum Gasteiger partial charge on any atom is -0.345 e. The van der Waals surface area contributed by atoms with E-state index < -0.39 is 0 Å². The molecule has 0 saturated heterocycles. The van der Waals surface area contributed by atoms with Crippen LogP contribution in [0.5, 0.6) is 0 Å². The molecule has 17 heavy (non-hydrogen) atoms. The van der Waals surface area contributed by atoms with Crippen molar-refractivity contribution in [2.45, 2.75) is 26.3 Å². The van der Waals surface area contributed by atoms with Crippen molar-refractivity contribution in [2.75, 3.05) is 32.6 Å². The van der Waals surface area contributed by atoms with Crippen LogP contribution in [-0.4, -0.2) is 55.3 Å². The van der Waals surface area contributed by atoms with Gasteiger partial charge in [-0.3, -0.25) is 9.59 Å². The quantitative estimate of drug-likeness (QED) is 0.708. The predicted octanol–water partition coefficient (Wildman–Crippen LogP) is 1.01. The van der Waals surface area contributed by atoms with Crippen LogP contribution in [0.2, 0.25) is 0 Å². The van der Waals surface area contributed by atoms with Crippen LogP contribution in [0.25, 0.3) is 0 Å². The summed E-state index contributed by atoms with van der Waals surface area (Å²) in [6.45, 7) is 4.35. The Morgan fingerprint density at radius 1 is 1.35 bits per heavy atom. The zero-order valence-electron chi connectivity index (χ0n) is 11.4. The number of carbonyl (C=O) groups excluding carboxylic acids is 2. The molecule has 100 valence electrons. The summed E-state index contributed by atoms with van der Waals surface area (Å²) in [6, 6.07) is -0.347. The molecule has 2 atom stereocenters. The predicted molar refractivity (Wildman–Crippen MR) is 73.3 cm³/mol. The number of hydrogen-bond acceptors (Lipinski definition) is 4. The van der Waals surface area contributed by atoms with E-state index in [2.05, 4.69) is 5.32 Å². The van der Waals surface area contributed by atoms with Gasteiger partial charge in [0.05, 0.1) is 18.3 Å². The number of nitrogens with zero attached hydrogens (tertiary/aromatic N) is 1. The maximum atomic E-state index is 11.9. The molecule has 0 aliphatic heterocycles. The van der Waals surface area contributed by atoms with Crippen LogP contribution in [0, 0.1) is 5.92 Å². The second-order valence-electron chi connectivity index (χ2n) is 4.57. The van der Waals surface area contributed by atoms with Gasteiger partial charge in [-0.1, -0.05) is 20.3 Å². The van der Waals surface area contributed by atoms with Crippen molar-refractivity contribution < 1.29 is 9.59 Å². The Hall–Kier alpha value is -0.550. The highest BCUT2D eigenvalue weighted by Gasteiger charge is 2.25. The average molecular weight is 260 g/mol. The Labute approximate surface area is 109 Å². The topological polar surface area (TPSA) is 49.4 Å². The van der Waals surface area contributed by atoms with Crippen molar-refractivity contribution in [3.63, 3.8) is 0 Å². The van der Waals surface area contributed by atoms with Gasteiger partial charge in [0.2, 0.25) is 5.91 Å². The summed E-state index contributed by atoms with van der Waals surface area (Å²) in [5.74, 6) is 0.659. The van der Waals surface area contributed by atoms with Gasteiger partial charge < -0.3 is 10.2 Å². The number of thioether (sulfide) groups is 1. The summed E-state index contributed by atoms with van der Waals surface area (Å²) in [7, 11) is 3.67. The third-order valence-corrected chi connectivity index (χ3v) is 3.20. The third-order valence-electron chi connectivity index (χ3n) is 2.62. The largest absolute Gasteiger partial charge is 0.345 e. The van der Waals surface area contributed by atoms with Crippen molar-refractivity contribution in [3.05, 3.63) is 0 Å². The van der Waals surface area contributed by atoms with Gasteiger partial charge >= 0.3 is 0 Å². The van der Waals surface area contributed by atoms with Gasteiger partial charge in [0, 0.05) is 0 Å². The van der Waals surface area contributed by atoms with E-state index in [1.54, 1.807) is 4.90 Å². The summed E-state index contributed by atoms with van der Waals surface area (Å²) >= 11 is 1.50. The van der Waals surface area contributed by atoms with Crippen molar-refractivity contribution in [1.29, 1.82) is 0 Å². The maximum absolute atomic E-state index is 11.9. The second kappa shape index (κ2) is 8.53. The Kier molecular flexibility index (Phi) is 8.25. The molecule has 0 unspecified atom stereocenters. The Morgan fingerprint density at radius 3 is 2.35 bits per heavy atom. The van der Waals surface area contributed by atoms with Crippen molar-refractivity contribution in [2.24, 2.45) is 5.92 Å². The summed E-state index contributed by atoms with van der Waals surface area (Å²) in [5, 5.41) is 2.84. The van der Waals surface area contributed by atoms with E-state index >= 15 is 0 Å².